The number of nitrogens with two attached hydrogens (primary N) is 1. The van der Waals surface area contributed by atoms with Gasteiger partial charge in [-0.3, -0.25) is 4.79 Å². The molecule has 3 heteroatoms. The number of amides is 1. The van der Waals surface area contributed by atoms with Crippen molar-refractivity contribution in [2.75, 3.05) is 13.1 Å². The first-order valence-electron chi connectivity index (χ1n) is 7.13. The standard InChI is InChI=1S/C14H26N2O/c1-11(6-9-15)2-5-13(17)16-10-14(7-8-14)12-3-4-12/h11-12H,2-10,15H2,1H3,(H,16,17). The van der Waals surface area contributed by atoms with Crippen LogP contribution in [0.1, 0.15) is 51.9 Å². The average molecular weight is 238 g/mol. The normalized spacial score (nSPS) is 23.2. The van der Waals surface area contributed by atoms with Crippen LogP contribution in [0.4, 0.5) is 0 Å². The Bertz CT molecular complexity index is 269. The molecule has 2 saturated carbocycles. The lowest BCUT2D eigenvalue weighted by Crippen LogP contribution is -2.31. The Morgan fingerprint density at radius 1 is 1.41 bits per heavy atom. The molecule has 2 fully saturated rings. The van der Waals surface area contributed by atoms with E-state index in [9.17, 15) is 4.79 Å². The van der Waals surface area contributed by atoms with Crippen molar-refractivity contribution in [1.82, 2.24) is 5.32 Å². The summed E-state index contributed by atoms with van der Waals surface area (Å²) in [5.74, 6) is 1.74. The van der Waals surface area contributed by atoms with Gasteiger partial charge in [0, 0.05) is 13.0 Å². The third-order valence-corrected chi connectivity index (χ3v) is 4.50. The van der Waals surface area contributed by atoms with Gasteiger partial charge in [-0.05, 0) is 62.3 Å². The molecule has 3 N–H and O–H groups in total. The first kappa shape index (κ1) is 12.9. The van der Waals surface area contributed by atoms with Crippen LogP contribution >= 0.6 is 0 Å². The van der Waals surface area contributed by atoms with E-state index in [1.54, 1.807) is 0 Å². The summed E-state index contributed by atoms with van der Waals surface area (Å²) < 4.78 is 0. The van der Waals surface area contributed by atoms with Crippen LogP contribution in [0.5, 0.6) is 0 Å². The van der Waals surface area contributed by atoms with E-state index in [0.717, 1.165) is 31.8 Å². The molecule has 0 spiro atoms. The fourth-order valence-corrected chi connectivity index (χ4v) is 2.75. The van der Waals surface area contributed by atoms with Crippen LogP contribution in [0.2, 0.25) is 0 Å². The van der Waals surface area contributed by atoms with Gasteiger partial charge in [-0.1, -0.05) is 6.92 Å². The van der Waals surface area contributed by atoms with Gasteiger partial charge >= 0.3 is 0 Å². The second-order valence-corrected chi connectivity index (χ2v) is 6.13. The molecule has 0 radical (unpaired) electrons. The van der Waals surface area contributed by atoms with Gasteiger partial charge in [-0.15, -0.1) is 0 Å². The fraction of sp³-hybridized carbons (Fsp3) is 0.929. The third kappa shape index (κ3) is 3.70. The molecule has 2 aliphatic rings. The van der Waals surface area contributed by atoms with E-state index >= 15 is 0 Å². The molecule has 0 aromatic carbocycles. The van der Waals surface area contributed by atoms with Crippen molar-refractivity contribution in [3.63, 3.8) is 0 Å². The number of carbonyl (C=O) groups excluding carboxylic acids is 1. The molecule has 0 heterocycles. The first-order chi connectivity index (χ1) is 8.16. The maximum atomic E-state index is 11.7. The lowest BCUT2D eigenvalue weighted by molar-refractivity contribution is -0.121. The van der Waals surface area contributed by atoms with Crippen LogP contribution in [0.15, 0.2) is 0 Å². The van der Waals surface area contributed by atoms with Crippen LogP contribution < -0.4 is 11.1 Å². The predicted octanol–water partition coefficient (Wildman–Crippen LogP) is 2.06. The molecule has 0 saturated heterocycles. The number of carbonyl (C=O) groups is 1. The van der Waals surface area contributed by atoms with Crippen LogP contribution in [-0.4, -0.2) is 19.0 Å². The van der Waals surface area contributed by atoms with Gasteiger partial charge in [0.05, 0.1) is 0 Å². The van der Waals surface area contributed by atoms with Crippen molar-refractivity contribution in [3.8, 4) is 0 Å². The monoisotopic (exact) mass is 238 g/mol. The van der Waals surface area contributed by atoms with Gasteiger partial charge in [0.25, 0.3) is 0 Å². The first-order valence-corrected chi connectivity index (χ1v) is 7.13. The fourth-order valence-electron chi connectivity index (χ4n) is 2.75. The van der Waals surface area contributed by atoms with E-state index in [1.165, 1.54) is 25.7 Å². The van der Waals surface area contributed by atoms with Crippen molar-refractivity contribution in [1.29, 1.82) is 0 Å². The van der Waals surface area contributed by atoms with Gasteiger partial charge in [-0.25, -0.2) is 0 Å². The number of nitrogens with one attached hydrogen (secondary N) is 1. The molecule has 0 aromatic heterocycles. The summed E-state index contributed by atoms with van der Waals surface area (Å²) >= 11 is 0. The summed E-state index contributed by atoms with van der Waals surface area (Å²) in [6.07, 6.45) is 8.12. The molecule has 17 heavy (non-hydrogen) atoms. The van der Waals surface area contributed by atoms with E-state index in [2.05, 4.69) is 12.2 Å². The van der Waals surface area contributed by atoms with Gasteiger partial charge in [0.2, 0.25) is 5.91 Å². The Kier molecular flexibility index (Phi) is 4.08. The minimum Gasteiger partial charge on any atom is -0.356 e. The Morgan fingerprint density at radius 3 is 2.65 bits per heavy atom. The Morgan fingerprint density at radius 2 is 2.12 bits per heavy atom. The SMILES string of the molecule is CC(CCN)CCC(=O)NCC1(C2CC2)CC1. The highest BCUT2D eigenvalue weighted by molar-refractivity contribution is 5.75. The minimum absolute atomic E-state index is 0.237. The molecule has 1 atom stereocenters. The van der Waals surface area contributed by atoms with Crippen LogP contribution in [-0.2, 0) is 4.79 Å². The van der Waals surface area contributed by atoms with Crippen molar-refractivity contribution >= 4 is 5.91 Å². The zero-order valence-electron chi connectivity index (χ0n) is 11.0. The Hall–Kier alpha value is -0.570. The maximum Gasteiger partial charge on any atom is 0.220 e. The van der Waals surface area contributed by atoms with Crippen LogP contribution in [0.25, 0.3) is 0 Å². The molecular weight excluding hydrogens is 212 g/mol. The van der Waals surface area contributed by atoms with E-state index < -0.39 is 0 Å². The van der Waals surface area contributed by atoms with Gasteiger partial charge < -0.3 is 11.1 Å². The minimum atomic E-state index is 0.237. The average Bonchev–Trinajstić information content (AvgIpc) is 3.16. The van der Waals surface area contributed by atoms with Crippen LogP contribution in [0, 0.1) is 17.3 Å². The molecule has 2 rings (SSSR count). The Balaban J connectivity index is 1.58. The molecule has 3 nitrogen and oxygen atoms in total. The second kappa shape index (κ2) is 5.38. The number of hydrogen-bond donors (Lipinski definition) is 2. The zero-order chi connectivity index (χ0) is 12.3. The zero-order valence-corrected chi connectivity index (χ0v) is 11.0. The smallest absolute Gasteiger partial charge is 0.220 e. The largest absolute Gasteiger partial charge is 0.356 e. The highest BCUT2D eigenvalue weighted by atomic mass is 16.1. The Labute approximate surface area is 105 Å². The molecule has 0 bridgehead atoms. The molecule has 2 aliphatic carbocycles. The molecule has 0 aliphatic heterocycles. The molecule has 98 valence electrons. The predicted molar refractivity (Wildman–Crippen MR) is 69.5 cm³/mol. The van der Waals surface area contributed by atoms with Gasteiger partial charge in [-0.2, -0.15) is 0 Å². The van der Waals surface area contributed by atoms with E-state index in [0.29, 0.717) is 17.8 Å². The van der Waals surface area contributed by atoms with Crippen molar-refractivity contribution < 1.29 is 4.79 Å². The number of rotatable bonds is 8. The number of hydrogen-bond acceptors (Lipinski definition) is 2. The van der Waals surface area contributed by atoms with Crippen molar-refractivity contribution in [2.45, 2.75) is 51.9 Å². The molecule has 1 amide bonds. The summed E-state index contributed by atoms with van der Waals surface area (Å²) in [6.45, 7) is 3.84. The summed E-state index contributed by atoms with van der Waals surface area (Å²) in [5, 5.41) is 3.13. The van der Waals surface area contributed by atoms with Crippen molar-refractivity contribution in [3.05, 3.63) is 0 Å². The molecular formula is C14H26N2O. The van der Waals surface area contributed by atoms with Crippen LogP contribution in [0.3, 0.4) is 0 Å². The van der Waals surface area contributed by atoms with E-state index in [4.69, 9.17) is 5.73 Å². The van der Waals surface area contributed by atoms with Gasteiger partial charge in [0.15, 0.2) is 0 Å². The van der Waals surface area contributed by atoms with E-state index in [-0.39, 0.29) is 5.91 Å². The van der Waals surface area contributed by atoms with Gasteiger partial charge in [0.1, 0.15) is 0 Å². The summed E-state index contributed by atoms with van der Waals surface area (Å²) in [7, 11) is 0. The maximum absolute atomic E-state index is 11.7. The summed E-state index contributed by atoms with van der Waals surface area (Å²) in [6, 6.07) is 0. The van der Waals surface area contributed by atoms with E-state index in [1.807, 2.05) is 0 Å². The second-order valence-electron chi connectivity index (χ2n) is 6.13. The topological polar surface area (TPSA) is 55.1 Å². The molecule has 0 aromatic rings. The summed E-state index contributed by atoms with van der Waals surface area (Å²) in [4.78, 5) is 11.7. The third-order valence-electron chi connectivity index (χ3n) is 4.50. The summed E-state index contributed by atoms with van der Waals surface area (Å²) in [5.41, 5.74) is 6.03. The molecule has 1 unspecified atom stereocenters. The lowest BCUT2D eigenvalue weighted by atomic mass is 9.99. The van der Waals surface area contributed by atoms with Crippen molar-refractivity contribution in [2.24, 2.45) is 23.0 Å². The highest BCUT2D eigenvalue weighted by Gasteiger charge is 2.53. The lowest BCUT2D eigenvalue weighted by Gasteiger charge is -2.15. The highest BCUT2D eigenvalue weighted by Crippen LogP contribution is 2.60. The quantitative estimate of drug-likeness (QED) is 0.680.